The average Bonchev–Trinajstić information content (AvgIpc) is 2.58. The molecule has 1 N–H and O–H groups in total. The van der Waals surface area contributed by atoms with Crippen LogP contribution in [0.1, 0.15) is 12.5 Å². The van der Waals surface area contributed by atoms with Crippen molar-refractivity contribution in [1.82, 2.24) is 15.1 Å². The minimum Gasteiger partial charge on any atom is -0.380 e. The van der Waals surface area contributed by atoms with E-state index in [1.54, 1.807) is 0 Å². The molecular weight excluding hydrogens is 178 g/mol. The van der Waals surface area contributed by atoms with Gasteiger partial charge < -0.3 is 10.1 Å². The van der Waals surface area contributed by atoms with E-state index in [1.807, 2.05) is 30.9 Å². The molecule has 0 fully saturated rings. The Kier molecular flexibility index (Phi) is 5.25. The van der Waals surface area contributed by atoms with E-state index in [0.717, 1.165) is 32.8 Å². The van der Waals surface area contributed by atoms with Gasteiger partial charge in [0, 0.05) is 25.9 Å². The summed E-state index contributed by atoms with van der Waals surface area (Å²) in [5.74, 6) is 0. The van der Waals surface area contributed by atoms with Crippen LogP contribution < -0.4 is 5.32 Å². The Hall–Kier alpha value is -0.870. The maximum atomic E-state index is 5.20. The van der Waals surface area contributed by atoms with Crippen molar-refractivity contribution >= 4 is 0 Å². The van der Waals surface area contributed by atoms with E-state index < -0.39 is 0 Å². The molecule has 4 heteroatoms. The quantitative estimate of drug-likeness (QED) is 0.658. The molecule has 0 saturated carbocycles. The molecule has 0 radical (unpaired) electrons. The predicted octanol–water partition coefficient (Wildman–Crippen LogP) is 0.818. The van der Waals surface area contributed by atoms with Crippen LogP contribution in [-0.4, -0.2) is 36.1 Å². The average molecular weight is 197 g/mol. The van der Waals surface area contributed by atoms with Crippen molar-refractivity contribution in [1.29, 1.82) is 0 Å². The van der Waals surface area contributed by atoms with Crippen molar-refractivity contribution in [2.75, 3.05) is 26.3 Å². The first-order valence-corrected chi connectivity index (χ1v) is 5.10. The highest BCUT2D eigenvalue weighted by Gasteiger charge is 1.92. The lowest BCUT2D eigenvalue weighted by Gasteiger charge is -2.04. The number of ether oxygens (including phenoxy) is 1. The van der Waals surface area contributed by atoms with Gasteiger partial charge in [-0.2, -0.15) is 5.10 Å². The van der Waals surface area contributed by atoms with Gasteiger partial charge in [-0.1, -0.05) is 0 Å². The maximum Gasteiger partial charge on any atom is 0.0590 e. The van der Waals surface area contributed by atoms with Crippen molar-refractivity contribution in [3.63, 3.8) is 0 Å². The fourth-order valence-electron chi connectivity index (χ4n) is 1.20. The monoisotopic (exact) mass is 197 g/mol. The molecule has 1 aromatic rings. The highest BCUT2D eigenvalue weighted by molar-refractivity contribution is 4.99. The summed E-state index contributed by atoms with van der Waals surface area (Å²) >= 11 is 0. The van der Waals surface area contributed by atoms with Crippen LogP contribution in [0.15, 0.2) is 12.4 Å². The van der Waals surface area contributed by atoms with Crippen LogP contribution in [0.3, 0.4) is 0 Å². The molecule has 0 amide bonds. The Morgan fingerprint density at radius 3 is 3.00 bits per heavy atom. The number of aryl methyl sites for hydroxylation is 1. The van der Waals surface area contributed by atoms with Crippen LogP contribution in [0.25, 0.3) is 0 Å². The molecule has 1 rings (SSSR count). The molecule has 0 unspecified atom stereocenters. The molecule has 1 heterocycles. The molecule has 80 valence electrons. The molecule has 0 aliphatic rings. The van der Waals surface area contributed by atoms with Crippen LogP contribution in [0.5, 0.6) is 0 Å². The molecule has 0 aliphatic carbocycles. The molecule has 4 nitrogen and oxygen atoms in total. The lowest BCUT2D eigenvalue weighted by molar-refractivity contribution is 0.149. The molecule has 0 atom stereocenters. The van der Waals surface area contributed by atoms with Gasteiger partial charge in [-0.3, -0.25) is 4.68 Å². The first-order chi connectivity index (χ1) is 6.83. The molecule has 1 aromatic heterocycles. The summed E-state index contributed by atoms with van der Waals surface area (Å²) in [6, 6.07) is 0. The molecule has 0 aliphatic heterocycles. The Morgan fingerprint density at radius 1 is 1.50 bits per heavy atom. The van der Waals surface area contributed by atoms with Gasteiger partial charge in [0.1, 0.15) is 0 Å². The maximum absolute atomic E-state index is 5.20. The van der Waals surface area contributed by atoms with Gasteiger partial charge in [0.25, 0.3) is 0 Å². The third kappa shape index (κ3) is 4.39. The second-order valence-corrected chi connectivity index (χ2v) is 3.23. The molecular formula is C10H19N3O. The lowest BCUT2D eigenvalue weighted by atomic mass is 10.4. The van der Waals surface area contributed by atoms with E-state index in [4.69, 9.17) is 4.74 Å². The van der Waals surface area contributed by atoms with E-state index in [0.29, 0.717) is 0 Å². The Labute approximate surface area is 85.3 Å². The molecule has 0 bridgehead atoms. The van der Waals surface area contributed by atoms with Crippen molar-refractivity contribution < 1.29 is 4.74 Å². The van der Waals surface area contributed by atoms with E-state index in [-0.39, 0.29) is 0 Å². The van der Waals surface area contributed by atoms with Gasteiger partial charge in [0.05, 0.1) is 19.3 Å². The minimum absolute atomic E-state index is 0.786. The van der Waals surface area contributed by atoms with E-state index >= 15 is 0 Å². The van der Waals surface area contributed by atoms with Gasteiger partial charge in [-0.15, -0.1) is 0 Å². The smallest absolute Gasteiger partial charge is 0.0590 e. The summed E-state index contributed by atoms with van der Waals surface area (Å²) in [6.07, 6.45) is 3.92. The largest absolute Gasteiger partial charge is 0.380 e. The van der Waals surface area contributed by atoms with E-state index in [1.165, 1.54) is 5.56 Å². The Bertz CT molecular complexity index is 247. The fraction of sp³-hybridized carbons (Fsp3) is 0.700. The second-order valence-electron chi connectivity index (χ2n) is 3.23. The van der Waals surface area contributed by atoms with Crippen molar-refractivity contribution in [3.05, 3.63) is 18.0 Å². The third-order valence-electron chi connectivity index (χ3n) is 1.91. The first-order valence-electron chi connectivity index (χ1n) is 5.10. The van der Waals surface area contributed by atoms with Gasteiger partial charge in [0.15, 0.2) is 0 Å². The van der Waals surface area contributed by atoms with Crippen LogP contribution in [0.2, 0.25) is 0 Å². The Balaban J connectivity index is 1.99. The topological polar surface area (TPSA) is 39.1 Å². The lowest BCUT2D eigenvalue weighted by Crippen LogP contribution is -2.24. The van der Waals surface area contributed by atoms with Crippen LogP contribution in [0, 0.1) is 6.92 Å². The predicted molar refractivity (Wildman–Crippen MR) is 56.3 cm³/mol. The van der Waals surface area contributed by atoms with E-state index in [2.05, 4.69) is 10.4 Å². The highest BCUT2D eigenvalue weighted by Crippen LogP contribution is 1.92. The standard InChI is InChI=1S/C10H19N3O/c1-3-14-7-5-11-4-6-13-9-10(2)8-12-13/h8-9,11H,3-7H2,1-2H3. The molecule has 0 aromatic carbocycles. The van der Waals surface area contributed by atoms with Gasteiger partial charge in [0.2, 0.25) is 0 Å². The first kappa shape index (κ1) is 11.2. The Morgan fingerprint density at radius 2 is 2.36 bits per heavy atom. The number of aromatic nitrogens is 2. The summed E-state index contributed by atoms with van der Waals surface area (Å²) in [5.41, 5.74) is 1.21. The molecule has 0 spiro atoms. The fourth-order valence-corrected chi connectivity index (χ4v) is 1.20. The SMILES string of the molecule is CCOCCNCCn1cc(C)cn1. The zero-order chi connectivity index (χ0) is 10.2. The van der Waals surface area contributed by atoms with Crippen molar-refractivity contribution in [2.45, 2.75) is 20.4 Å². The van der Waals surface area contributed by atoms with Gasteiger partial charge in [-0.25, -0.2) is 0 Å². The van der Waals surface area contributed by atoms with Crippen LogP contribution in [0.4, 0.5) is 0 Å². The van der Waals surface area contributed by atoms with Crippen LogP contribution >= 0.6 is 0 Å². The van der Waals surface area contributed by atoms with Gasteiger partial charge in [-0.05, 0) is 19.4 Å². The summed E-state index contributed by atoms with van der Waals surface area (Å²) in [6.45, 7) is 8.40. The van der Waals surface area contributed by atoms with E-state index in [9.17, 15) is 0 Å². The number of rotatable bonds is 7. The second kappa shape index (κ2) is 6.56. The molecule has 14 heavy (non-hydrogen) atoms. The zero-order valence-corrected chi connectivity index (χ0v) is 8.99. The summed E-state index contributed by atoms with van der Waals surface area (Å²) in [5, 5.41) is 7.49. The van der Waals surface area contributed by atoms with Gasteiger partial charge >= 0.3 is 0 Å². The number of hydrogen-bond donors (Lipinski definition) is 1. The summed E-state index contributed by atoms with van der Waals surface area (Å²) in [7, 11) is 0. The zero-order valence-electron chi connectivity index (χ0n) is 8.99. The number of nitrogens with zero attached hydrogens (tertiary/aromatic N) is 2. The highest BCUT2D eigenvalue weighted by atomic mass is 16.5. The number of nitrogens with one attached hydrogen (secondary N) is 1. The van der Waals surface area contributed by atoms with Crippen LogP contribution in [-0.2, 0) is 11.3 Å². The summed E-state index contributed by atoms with van der Waals surface area (Å²) < 4.78 is 7.15. The molecule has 0 saturated heterocycles. The number of hydrogen-bond acceptors (Lipinski definition) is 3. The normalized spacial score (nSPS) is 10.7. The summed E-state index contributed by atoms with van der Waals surface area (Å²) in [4.78, 5) is 0. The van der Waals surface area contributed by atoms with Crippen molar-refractivity contribution in [3.8, 4) is 0 Å². The third-order valence-corrected chi connectivity index (χ3v) is 1.91. The van der Waals surface area contributed by atoms with Crippen molar-refractivity contribution in [2.24, 2.45) is 0 Å². The minimum atomic E-state index is 0.786.